The lowest BCUT2D eigenvalue weighted by Crippen LogP contribution is -2.35. The number of carbonyl (C=O) groups is 3. The number of ether oxygens (including phenoxy) is 2. The molecule has 1 N–H and O–H groups in total. The van der Waals surface area contributed by atoms with Crippen LogP contribution in [0.3, 0.4) is 0 Å². The van der Waals surface area contributed by atoms with Gasteiger partial charge in [-0.05, 0) is 49.2 Å². The summed E-state index contributed by atoms with van der Waals surface area (Å²) in [6.07, 6.45) is 0.533. The van der Waals surface area contributed by atoms with E-state index in [9.17, 15) is 14.4 Å². The van der Waals surface area contributed by atoms with Crippen LogP contribution in [0.25, 0.3) is 5.57 Å². The van der Waals surface area contributed by atoms with Gasteiger partial charge < -0.3 is 14.8 Å². The van der Waals surface area contributed by atoms with E-state index in [1.165, 1.54) is 9.80 Å². The van der Waals surface area contributed by atoms with Crippen molar-refractivity contribution in [2.45, 2.75) is 13.3 Å². The van der Waals surface area contributed by atoms with E-state index in [0.29, 0.717) is 45.7 Å². The smallest absolute Gasteiger partial charge is 0.267 e. The van der Waals surface area contributed by atoms with Crippen molar-refractivity contribution in [3.05, 3.63) is 88.3 Å². The van der Waals surface area contributed by atoms with Gasteiger partial charge in [-0.25, -0.2) is 0 Å². The van der Waals surface area contributed by atoms with Crippen LogP contribution in [0.5, 0.6) is 11.5 Å². The molecule has 1 fully saturated rings. The summed E-state index contributed by atoms with van der Waals surface area (Å²) >= 11 is 6.67. The quantitative estimate of drug-likeness (QED) is 0.306. The van der Waals surface area contributed by atoms with Crippen LogP contribution in [-0.4, -0.2) is 54.3 Å². The van der Waals surface area contributed by atoms with Gasteiger partial charge in [0.1, 0.15) is 10.9 Å². The molecule has 2 aliphatic heterocycles. The van der Waals surface area contributed by atoms with E-state index in [4.69, 9.17) is 21.7 Å². The number of anilines is 2. The average molecular weight is 574 g/mol. The van der Waals surface area contributed by atoms with Crippen LogP contribution in [0.4, 0.5) is 11.4 Å². The number of thioether (sulfide) groups is 1. The number of nitrogens with zero attached hydrogens (tertiary/aromatic N) is 2. The Labute approximate surface area is 241 Å². The van der Waals surface area contributed by atoms with E-state index in [2.05, 4.69) is 5.32 Å². The number of hydrogen-bond acceptors (Lipinski definition) is 7. The highest BCUT2D eigenvalue weighted by atomic mass is 32.2. The van der Waals surface area contributed by atoms with Crippen LogP contribution in [-0.2, 0) is 20.8 Å². The number of fused-ring (bicyclic) bond motifs is 1. The van der Waals surface area contributed by atoms with E-state index < -0.39 is 5.91 Å². The summed E-state index contributed by atoms with van der Waals surface area (Å²) in [7, 11) is 3.15. The highest BCUT2D eigenvalue weighted by Crippen LogP contribution is 2.44. The zero-order valence-corrected chi connectivity index (χ0v) is 23.9. The van der Waals surface area contributed by atoms with Crippen molar-refractivity contribution < 1.29 is 23.9 Å². The molecule has 0 spiro atoms. The Morgan fingerprint density at radius 1 is 0.925 bits per heavy atom. The third kappa shape index (κ3) is 5.32. The molecule has 5 rings (SSSR count). The van der Waals surface area contributed by atoms with Crippen molar-refractivity contribution in [1.29, 1.82) is 0 Å². The molecule has 3 amide bonds. The van der Waals surface area contributed by atoms with Gasteiger partial charge in [0, 0.05) is 17.8 Å². The molecule has 0 unspecified atom stereocenters. The lowest BCUT2D eigenvalue weighted by atomic mass is 10.1. The van der Waals surface area contributed by atoms with Crippen molar-refractivity contribution in [3.8, 4) is 11.5 Å². The number of aryl methyl sites for hydroxylation is 1. The first-order valence-electron chi connectivity index (χ1n) is 12.6. The molecule has 2 aliphatic rings. The maximum atomic E-state index is 13.7. The number of benzene rings is 3. The van der Waals surface area contributed by atoms with Crippen molar-refractivity contribution in [3.63, 3.8) is 0 Å². The first-order valence-corrected chi connectivity index (χ1v) is 13.8. The van der Waals surface area contributed by atoms with Crippen LogP contribution in [0.2, 0.25) is 0 Å². The molecular weight excluding hydrogens is 546 g/mol. The largest absolute Gasteiger partial charge is 0.493 e. The lowest BCUT2D eigenvalue weighted by molar-refractivity contribution is -0.122. The van der Waals surface area contributed by atoms with Gasteiger partial charge in [-0.1, -0.05) is 65.9 Å². The van der Waals surface area contributed by atoms with Gasteiger partial charge >= 0.3 is 0 Å². The van der Waals surface area contributed by atoms with Gasteiger partial charge in [0.15, 0.2) is 11.5 Å². The Morgan fingerprint density at radius 3 is 2.38 bits per heavy atom. The van der Waals surface area contributed by atoms with Gasteiger partial charge in [0.25, 0.3) is 11.8 Å². The summed E-state index contributed by atoms with van der Waals surface area (Å²) in [6.45, 7) is 2.12. The van der Waals surface area contributed by atoms with Gasteiger partial charge in [0.2, 0.25) is 5.91 Å². The van der Waals surface area contributed by atoms with E-state index in [1.807, 2.05) is 49.4 Å². The molecule has 1 saturated heterocycles. The van der Waals surface area contributed by atoms with Gasteiger partial charge in [-0.3, -0.25) is 24.2 Å². The summed E-state index contributed by atoms with van der Waals surface area (Å²) in [5.41, 5.74) is 4.13. The minimum Gasteiger partial charge on any atom is -0.493 e. The Kier molecular flexibility index (Phi) is 7.90. The number of hydrogen-bond donors (Lipinski definition) is 1. The minimum absolute atomic E-state index is 0.188. The van der Waals surface area contributed by atoms with Gasteiger partial charge in [-0.15, -0.1) is 0 Å². The number of rotatable bonds is 8. The lowest BCUT2D eigenvalue weighted by Gasteiger charge is -2.17. The average Bonchev–Trinajstić information content (AvgIpc) is 3.39. The normalized spacial score (nSPS) is 16.4. The minimum atomic E-state index is -0.402. The number of amides is 3. The Morgan fingerprint density at radius 2 is 1.65 bits per heavy atom. The fourth-order valence-corrected chi connectivity index (χ4v) is 6.04. The van der Waals surface area contributed by atoms with Crippen LogP contribution < -0.4 is 19.7 Å². The van der Waals surface area contributed by atoms with Crippen LogP contribution >= 0.6 is 24.0 Å². The van der Waals surface area contributed by atoms with E-state index in [1.54, 1.807) is 38.5 Å². The van der Waals surface area contributed by atoms with Gasteiger partial charge in [0.05, 0.1) is 30.4 Å². The Bertz CT molecular complexity index is 1550. The fourth-order valence-electron chi connectivity index (χ4n) is 4.66. The maximum Gasteiger partial charge on any atom is 0.267 e. The predicted molar refractivity (Wildman–Crippen MR) is 161 cm³/mol. The number of thiocarbonyl (C=S) groups is 1. The molecule has 0 radical (unpaired) electrons. The van der Waals surface area contributed by atoms with Crippen molar-refractivity contribution in [1.82, 2.24) is 4.90 Å². The molecule has 0 aliphatic carbocycles. The molecule has 3 aromatic rings. The SMILES string of the molecule is COc1ccc(CCN2C(=O)C(=C3C(=O)N(CC(=O)Nc4ccc(C)cc4)c4ccccc43)SC2=S)cc1OC. The molecule has 0 aromatic heterocycles. The number of methoxy groups -OCH3 is 2. The number of para-hydroxylation sites is 1. The molecule has 3 aromatic carbocycles. The summed E-state index contributed by atoms with van der Waals surface area (Å²) < 4.78 is 11.1. The third-order valence-electron chi connectivity index (χ3n) is 6.71. The molecule has 204 valence electrons. The predicted octanol–water partition coefficient (Wildman–Crippen LogP) is 4.81. The standard InChI is InChI=1S/C30H27N3O5S2/c1-18-8-11-20(12-9-18)31-25(34)17-33-22-7-5-4-6-21(22)26(28(33)35)27-29(36)32(30(39)40-27)15-14-19-10-13-23(37-2)24(16-19)38-3/h4-13,16H,14-15,17H2,1-3H3,(H,31,34). The molecular formula is C30H27N3O5S2. The van der Waals surface area contributed by atoms with Crippen molar-refractivity contribution in [2.75, 3.05) is 37.5 Å². The summed E-state index contributed by atoms with van der Waals surface area (Å²) in [6, 6.07) is 20.2. The zero-order chi connectivity index (χ0) is 28.4. The second-order valence-corrected chi connectivity index (χ2v) is 10.9. The molecule has 10 heteroatoms. The second-order valence-electron chi connectivity index (χ2n) is 9.29. The fraction of sp³-hybridized carbons (Fsp3) is 0.200. The van der Waals surface area contributed by atoms with Crippen LogP contribution in [0.1, 0.15) is 16.7 Å². The first kappa shape index (κ1) is 27.4. The van der Waals surface area contributed by atoms with Crippen LogP contribution in [0.15, 0.2) is 71.6 Å². The molecule has 0 bridgehead atoms. The van der Waals surface area contributed by atoms with E-state index in [-0.39, 0.29) is 28.8 Å². The molecule has 0 atom stereocenters. The third-order valence-corrected chi connectivity index (χ3v) is 8.16. The second kappa shape index (κ2) is 11.5. The first-order chi connectivity index (χ1) is 19.3. The zero-order valence-electron chi connectivity index (χ0n) is 22.2. The maximum absolute atomic E-state index is 13.7. The summed E-state index contributed by atoms with van der Waals surface area (Å²) in [5, 5.41) is 2.84. The van der Waals surface area contributed by atoms with Crippen LogP contribution in [0, 0.1) is 6.92 Å². The number of nitrogens with one attached hydrogen (secondary N) is 1. The monoisotopic (exact) mass is 573 g/mol. The molecule has 40 heavy (non-hydrogen) atoms. The topological polar surface area (TPSA) is 88.2 Å². The molecule has 2 heterocycles. The Balaban J connectivity index is 1.36. The molecule has 0 saturated carbocycles. The van der Waals surface area contributed by atoms with E-state index in [0.717, 1.165) is 22.9 Å². The summed E-state index contributed by atoms with van der Waals surface area (Å²) in [5.74, 6) is 0.167. The van der Waals surface area contributed by atoms with Gasteiger partial charge in [-0.2, -0.15) is 0 Å². The van der Waals surface area contributed by atoms with Crippen molar-refractivity contribution >= 4 is 63.0 Å². The summed E-state index contributed by atoms with van der Waals surface area (Å²) in [4.78, 5) is 43.3. The highest BCUT2D eigenvalue weighted by Gasteiger charge is 2.42. The van der Waals surface area contributed by atoms with Crippen molar-refractivity contribution in [2.24, 2.45) is 0 Å². The highest BCUT2D eigenvalue weighted by molar-refractivity contribution is 8.26. The number of carbonyl (C=O) groups excluding carboxylic acids is 3. The van der Waals surface area contributed by atoms with E-state index >= 15 is 0 Å². The molecule has 8 nitrogen and oxygen atoms in total. The Hall–Kier alpha value is -4.15.